The second kappa shape index (κ2) is 5.18. The highest BCUT2D eigenvalue weighted by Crippen LogP contribution is 1.87. The molecule has 0 spiro atoms. The number of nitrogens with two attached hydrogens (primary N) is 1. The van der Waals surface area contributed by atoms with Crippen LogP contribution in [0.5, 0.6) is 0 Å². The van der Waals surface area contributed by atoms with Crippen LogP contribution >= 0.6 is 0 Å². The average molecular weight is 126 g/mol. The van der Waals surface area contributed by atoms with Crippen LogP contribution in [0.1, 0.15) is 6.92 Å². The third-order valence-corrected chi connectivity index (χ3v) is 0.762. The minimum absolute atomic E-state index is 0.366. The number of rotatable bonds is 3. The first-order valence-corrected chi connectivity index (χ1v) is 2.69. The molecule has 0 atom stereocenters. The normalized spacial score (nSPS) is 12.4. The highest BCUT2D eigenvalue weighted by Gasteiger charge is 1.82. The van der Waals surface area contributed by atoms with Crippen molar-refractivity contribution in [3.63, 3.8) is 0 Å². The Bertz CT molecular complexity index is 138. The van der Waals surface area contributed by atoms with Crippen LogP contribution in [0.4, 0.5) is 0 Å². The van der Waals surface area contributed by atoms with Crippen molar-refractivity contribution < 1.29 is 4.79 Å². The van der Waals surface area contributed by atoms with E-state index >= 15 is 0 Å². The summed E-state index contributed by atoms with van der Waals surface area (Å²) in [5.74, 6) is 0. The molecule has 0 amide bonds. The van der Waals surface area contributed by atoms with Crippen LogP contribution in [0.25, 0.3) is 0 Å². The van der Waals surface area contributed by atoms with E-state index in [-0.39, 0.29) is 0 Å². The minimum atomic E-state index is 0.366. The predicted octanol–water partition coefficient (Wildman–Crippen LogP) is 0.119. The zero-order valence-electron chi connectivity index (χ0n) is 5.37. The lowest BCUT2D eigenvalue weighted by Gasteiger charge is -1.83. The van der Waals surface area contributed by atoms with Crippen molar-refractivity contribution in [2.75, 3.05) is 6.54 Å². The second-order valence-electron chi connectivity index (χ2n) is 1.38. The first-order valence-electron chi connectivity index (χ1n) is 2.69. The monoisotopic (exact) mass is 126 g/mol. The zero-order valence-corrected chi connectivity index (χ0v) is 5.37. The Morgan fingerprint density at radius 3 is 2.78 bits per heavy atom. The van der Waals surface area contributed by atoms with Crippen molar-refractivity contribution in [3.8, 4) is 0 Å². The van der Waals surface area contributed by atoms with Gasteiger partial charge in [-0.3, -0.25) is 9.79 Å². The van der Waals surface area contributed by atoms with E-state index in [4.69, 9.17) is 5.73 Å². The van der Waals surface area contributed by atoms with Gasteiger partial charge in [0.25, 0.3) is 0 Å². The van der Waals surface area contributed by atoms with E-state index < -0.39 is 0 Å². The van der Waals surface area contributed by atoms with Gasteiger partial charge in [-0.1, -0.05) is 6.08 Å². The Kier molecular flexibility index (Phi) is 4.63. The van der Waals surface area contributed by atoms with Gasteiger partial charge in [-0.2, -0.15) is 0 Å². The fourth-order valence-electron chi connectivity index (χ4n) is 0.331. The molecular formula is C6H10N2O. The number of carbonyl (C=O) groups is 1. The summed E-state index contributed by atoms with van der Waals surface area (Å²) in [7, 11) is 0. The summed E-state index contributed by atoms with van der Waals surface area (Å²) >= 11 is 0. The van der Waals surface area contributed by atoms with Crippen LogP contribution in [-0.4, -0.2) is 19.0 Å². The van der Waals surface area contributed by atoms with E-state index in [1.54, 1.807) is 13.0 Å². The van der Waals surface area contributed by atoms with Crippen molar-refractivity contribution in [3.05, 3.63) is 11.8 Å². The first-order chi connectivity index (χ1) is 4.35. The fraction of sp³-hybridized carbons (Fsp3) is 0.333. The summed E-state index contributed by atoms with van der Waals surface area (Å²) in [6.07, 6.45) is 3.80. The summed E-state index contributed by atoms with van der Waals surface area (Å²) in [4.78, 5) is 13.7. The fourth-order valence-corrected chi connectivity index (χ4v) is 0.331. The lowest BCUT2D eigenvalue weighted by molar-refractivity contribution is -0.104. The van der Waals surface area contributed by atoms with E-state index in [1.807, 2.05) is 0 Å². The lowest BCUT2D eigenvalue weighted by atomic mass is 10.4. The molecule has 0 unspecified atom stereocenters. The standard InChI is InChI=1S/C6H10N2O/c1-2-6(5-9)8-4-3-7/h2,4-5H,3,7H2,1H3/b6-2-,8-4?. The van der Waals surface area contributed by atoms with Gasteiger partial charge in [0.1, 0.15) is 0 Å². The number of carbonyl (C=O) groups excluding carboxylic acids is 1. The number of hydrogen-bond acceptors (Lipinski definition) is 3. The van der Waals surface area contributed by atoms with Crippen molar-refractivity contribution in [1.82, 2.24) is 0 Å². The van der Waals surface area contributed by atoms with Gasteiger partial charge in [0.05, 0.1) is 5.70 Å². The van der Waals surface area contributed by atoms with Gasteiger partial charge in [0, 0.05) is 12.8 Å². The molecule has 3 nitrogen and oxygen atoms in total. The molecule has 0 aromatic heterocycles. The summed E-state index contributed by atoms with van der Waals surface area (Å²) in [6.45, 7) is 2.11. The van der Waals surface area contributed by atoms with Gasteiger partial charge in [-0.25, -0.2) is 0 Å². The van der Waals surface area contributed by atoms with E-state index in [2.05, 4.69) is 4.99 Å². The van der Waals surface area contributed by atoms with Crippen molar-refractivity contribution >= 4 is 12.5 Å². The van der Waals surface area contributed by atoms with Crippen LogP contribution in [0.3, 0.4) is 0 Å². The molecule has 3 heteroatoms. The van der Waals surface area contributed by atoms with E-state index in [1.165, 1.54) is 6.21 Å². The minimum Gasteiger partial charge on any atom is -0.326 e. The van der Waals surface area contributed by atoms with Crippen molar-refractivity contribution in [1.29, 1.82) is 0 Å². The molecule has 9 heavy (non-hydrogen) atoms. The van der Waals surface area contributed by atoms with Crippen molar-refractivity contribution in [2.24, 2.45) is 10.7 Å². The van der Waals surface area contributed by atoms with E-state index in [0.717, 1.165) is 0 Å². The van der Waals surface area contributed by atoms with Gasteiger partial charge in [0.2, 0.25) is 0 Å². The molecule has 0 aliphatic heterocycles. The van der Waals surface area contributed by atoms with Gasteiger partial charge in [0.15, 0.2) is 6.29 Å². The quantitative estimate of drug-likeness (QED) is 0.331. The highest BCUT2D eigenvalue weighted by atomic mass is 16.1. The summed E-state index contributed by atoms with van der Waals surface area (Å²) < 4.78 is 0. The molecule has 0 heterocycles. The Hall–Kier alpha value is -0.960. The predicted molar refractivity (Wildman–Crippen MR) is 37.4 cm³/mol. The lowest BCUT2D eigenvalue weighted by Crippen LogP contribution is -1.99. The van der Waals surface area contributed by atoms with Gasteiger partial charge in [-0.05, 0) is 6.92 Å². The third-order valence-electron chi connectivity index (χ3n) is 0.762. The smallest absolute Gasteiger partial charge is 0.168 e. The van der Waals surface area contributed by atoms with Crippen molar-refractivity contribution in [2.45, 2.75) is 6.92 Å². The van der Waals surface area contributed by atoms with E-state index in [0.29, 0.717) is 18.5 Å². The second-order valence-corrected chi connectivity index (χ2v) is 1.38. The van der Waals surface area contributed by atoms with Crippen LogP contribution in [0.15, 0.2) is 16.8 Å². The molecule has 0 aromatic carbocycles. The highest BCUT2D eigenvalue weighted by molar-refractivity contribution is 5.76. The SMILES string of the molecule is C/C=C(/C=O)N=CCN. The number of nitrogens with zero attached hydrogens (tertiary/aromatic N) is 1. The molecule has 0 rings (SSSR count). The Labute approximate surface area is 54.3 Å². The molecule has 0 aliphatic carbocycles. The number of hydrogen-bond donors (Lipinski definition) is 1. The topological polar surface area (TPSA) is 55.5 Å². The molecule has 0 saturated carbocycles. The zero-order chi connectivity index (χ0) is 7.11. The molecule has 0 fully saturated rings. The molecule has 50 valence electrons. The van der Waals surface area contributed by atoms with Crippen LogP contribution in [-0.2, 0) is 4.79 Å². The molecular weight excluding hydrogens is 116 g/mol. The third kappa shape index (κ3) is 3.61. The molecule has 2 N–H and O–H groups in total. The van der Waals surface area contributed by atoms with Crippen LogP contribution in [0, 0.1) is 0 Å². The summed E-state index contributed by atoms with van der Waals surface area (Å²) in [5.41, 5.74) is 5.51. The Balaban J connectivity index is 3.84. The maximum atomic E-state index is 10.0. The largest absolute Gasteiger partial charge is 0.326 e. The van der Waals surface area contributed by atoms with E-state index in [9.17, 15) is 4.79 Å². The van der Waals surface area contributed by atoms with Crippen LogP contribution in [0.2, 0.25) is 0 Å². The molecule has 0 saturated heterocycles. The molecule has 0 aliphatic rings. The van der Waals surface area contributed by atoms with Gasteiger partial charge in [-0.15, -0.1) is 0 Å². The molecule has 0 aromatic rings. The van der Waals surface area contributed by atoms with Gasteiger partial charge >= 0.3 is 0 Å². The number of allylic oxidation sites excluding steroid dienone is 2. The summed E-state index contributed by atoms with van der Waals surface area (Å²) in [6, 6.07) is 0. The number of aliphatic imine (C=N–C) groups is 1. The summed E-state index contributed by atoms with van der Waals surface area (Å²) in [5, 5.41) is 0. The molecule has 0 bridgehead atoms. The maximum absolute atomic E-state index is 10.0. The average Bonchev–Trinajstić information content (AvgIpc) is 1.91. The molecule has 0 radical (unpaired) electrons. The van der Waals surface area contributed by atoms with Crippen LogP contribution < -0.4 is 5.73 Å². The Morgan fingerprint density at radius 1 is 1.78 bits per heavy atom. The number of aldehydes is 1. The first kappa shape index (κ1) is 8.04. The Morgan fingerprint density at radius 2 is 2.44 bits per heavy atom. The van der Waals surface area contributed by atoms with Gasteiger partial charge < -0.3 is 5.73 Å². The maximum Gasteiger partial charge on any atom is 0.168 e.